The predicted molar refractivity (Wildman–Crippen MR) is 85.1 cm³/mol. The molecule has 1 heterocycles. The summed E-state index contributed by atoms with van der Waals surface area (Å²) in [5.74, 6) is -0.540. The third-order valence-corrected chi connectivity index (χ3v) is 4.59. The van der Waals surface area contributed by atoms with Gasteiger partial charge in [0.2, 0.25) is 0 Å². The Morgan fingerprint density at radius 3 is 1.91 bits per heavy atom. The van der Waals surface area contributed by atoms with Gasteiger partial charge >= 0.3 is 0 Å². The van der Waals surface area contributed by atoms with Gasteiger partial charge in [0.25, 0.3) is 11.8 Å². The van der Waals surface area contributed by atoms with Gasteiger partial charge in [0.05, 0.1) is 17.2 Å². The Balaban J connectivity index is 1.50. The molecule has 1 aliphatic carbocycles. The minimum atomic E-state index is -0.568. The van der Waals surface area contributed by atoms with E-state index in [-0.39, 0.29) is 17.9 Å². The van der Waals surface area contributed by atoms with Crippen molar-refractivity contribution >= 4 is 11.8 Å². The van der Waals surface area contributed by atoms with Gasteiger partial charge in [-0.25, -0.2) is 4.90 Å². The van der Waals surface area contributed by atoms with Crippen LogP contribution < -0.4 is 0 Å². The molecule has 0 bridgehead atoms. The molecule has 116 valence electrons. The van der Waals surface area contributed by atoms with Crippen molar-refractivity contribution in [2.45, 2.75) is 32.1 Å². The van der Waals surface area contributed by atoms with Gasteiger partial charge in [0.15, 0.2) is 0 Å². The average molecular weight is 307 g/mol. The summed E-state index contributed by atoms with van der Waals surface area (Å²) < 4.78 is 6.03. The zero-order valence-corrected chi connectivity index (χ0v) is 12.9. The first-order valence-corrected chi connectivity index (χ1v) is 7.84. The van der Waals surface area contributed by atoms with Crippen LogP contribution in [0.3, 0.4) is 0 Å². The maximum Gasteiger partial charge on any atom is 0.263 e. The lowest BCUT2D eigenvalue weighted by Crippen LogP contribution is -2.41. The van der Waals surface area contributed by atoms with E-state index in [0.717, 1.165) is 12.8 Å². The molecule has 0 saturated heterocycles. The molecule has 2 amide bonds. The van der Waals surface area contributed by atoms with Crippen molar-refractivity contribution in [1.29, 1.82) is 0 Å². The smallest absolute Gasteiger partial charge is 0.263 e. The number of hydrogen-bond donors (Lipinski definition) is 0. The zero-order chi connectivity index (χ0) is 16.0. The van der Waals surface area contributed by atoms with Gasteiger partial charge in [-0.15, -0.1) is 0 Å². The fraction of sp³-hybridized carbons (Fsp3) is 0.263. The van der Waals surface area contributed by atoms with E-state index in [1.165, 1.54) is 16.0 Å². The van der Waals surface area contributed by atoms with E-state index in [2.05, 4.69) is 12.1 Å². The first-order valence-electron chi connectivity index (χ1n) is 7.84. The maximum atomic E-state index is 12.5. The number of carbonyl (C=O) groups excluding carboxylic acids is 2. The molecule has 2 aromatic carbocycles. The third-order valence-electron chi connectivity index (χ3n) is 4.59. The van der Waals surface area contributed by atoms with Crippen LogP contribution in [0.15, 0.2) is 48.5 Å². The Morgan fingerprint density at radius 1 is 0.913 bits per heavy atom. The molecule has 4 rings (SSSR count). The topological polar surface area (TPSA) is 46.6 Å². The van der Waals surface area contributed by atoms with Crippen molar-refractivity contribution in [3.05, 3.63) is 70.8 Å². The lowest BCUT2D eigenvalue weighted by atomic mass is 10.1. The summed E-state index contributed by atoms with van der Waals surface area (Å²) in [6, 6.07) is 15.2. The minimum absolute atomic E-state index is 0.00622. The summed E-state index contributed by atoms with van der Waals surface area (Å²) in [6.07, 6.45) is 1.08. The molecular formula is C19H17NO3. The second-order valence-electron chi connectivity index (χ2n) is 6.06. The van der Waals surface area contributed by atoms with Crippen LogP contribution in [0.25, 0.3) is 0 Å². The lowest BCUT2D eigenvalue weighted by Gasteiger charge is -2.25. The van der Waals surface area contributed by atoms with Crippen molar-refractivity contribution in [1.82, 2.24) is 4.90 Å². The second kappa shape index (κ2) is 5.32. The Labute approximate surface area is 134 Å². The molecule has 0 N–H and O–H groups in total. The van der Waals surface area contributed by atoms with Gasteiger partial charge in [-0.3, -0.25) is 9.59 Å². The van der Waals surface area contributed by atoms with E-state index in [1.54, 1.807) is 31.2 Å². The normalized spacial score (nSPS) is 18.2. The highest BCUT2D eigenvalue weighted by Gasteiger charge is 2.39. The van der Waals surface area contributed by atoms with Gasteiger partial charge in [-0.1, -0.05) is 36.4 Å². The molecule has 0 spiro atoms. The van der Waals surface area contributed by atoms with Crippen LogP contribution >= 0.6 is 0 Å². The monoisotopic (exact) mass is 307 g/mol. The molecule has 23 heavy (non-hydrogen) atoms. The van der Waals surface area contributed by atoms with Crippen LogP contribution in [0.5, 0.6) is 0 Å². The largest absolute Gasteiger partial charge is 0.354 e. The van der Waals surface area contributed by atoms with Crippen molar-refractivity contribution < 1.29 is 14.3 Å². The fourth-order valence-corrected chi connectivity index (χ4v) is 3.49. The highest BCUT2D eigenvalue weighted by atomic mass is 16.5. The summed E-state index contributed by atoms with van der Waals surface area (Å²) in [4.78, 5) is 26.2. The Bertz CT molecular complexity index is 739. The summed E-state index contributed by atoms with van der Waals surface area (Å²) in [7, 11) is 0. The highest BCUT2D eigenvalue weighted by molar-refractivity contribution is 6.21. The van der Waals surface area contributed by atoms with E-state index in [0.29, 0.717) is 11.1 Å². The second-order valence-corrected chi connectivity index (χ2v) is 6.06. The number of nitrogens with zero attached hydrogens (tertiary/aromatic N) is 1. The standard InChI is InChI=1S/C19H17NO3/c1-12(23-15-10-13-6-2-3-7-14(13)11-15)20-18(21)16-8-4-5-9-17(16)19(20)22/h2-9,12,15H,10-11H2,1H3. The molecule has 1 aliphatic heterocycles. The number of ether oxygens (including phenoxy) is 1. The van der Waals surface area contributed by atoms with E-state index >= 15 is 0 Å². The molecule has 0 saturated carbocycles. The molecular weight excluding hydrogens is 290 g/mol. The highest BCUT2D eigenvalue weighted by Crippen LogP contribution is 2.28. The van der Waals surface area contributed by atoms with Crippen LogP contribution in [0.1, 0.15) is 38.8 Å². The summed E-state index contributed by atoms with van der Waals surface area (Å²) in [6.45, 7) is 1.77. The summed E-state index contributed by atoms with van der Waals surface area (Å²) >= 11 is 0. The number of carbonyl (C=O) groups is 2. The SMILES string of the molecule is CC(OC1Cc2ccccc2C1)N1C(=O)c2ccccc2C1=O. The Kier molecular flexibility index (Phi) is 3.27. The molecule has 0 aromatic heterocycles. The number of rotatable bonds is 3. The molecule has 2 aliphatic rings. The number of amides is 2. The molecule has 4 nitrogen and oxygen atoms in total. The van der Waals surface area contributed by atoms with Crippen LogP contribution in [-0.4, -0.2) is 29.0 Å². The Hall–Kier alpha value is -2.46. The fourth-order valence-electron chi connectivity index (χ4n) is 3.49. The molecule has 2 aromatic rings. The molecule has 1 unspecified atom stereocenters. The lowest BCUT2D eigenvalue weighted by molar-refractivity contribution is -0.0586. The summed E-state index contributed by atoms with van der Waals surface area (Å²) in [5.41, 5.74) is 3.49. The molecule has 1 atom stereocenters. The van der Waals surface area contributed by atoms with Crippen molar-refractivity contribution in [2.24, 2.45) is 0 Å². The van der Waals surface area contributed by atoms with Gasteiger partial charge < -0.3 is 4.74 Å². The number of benzene rings is 2. The van der Waals surface area contributed by atoms with Crippen molar-refractivity contribution in [2.75, 3.05) is 0 Å². The van der Waals surface area contributed by atoms with Gasteiger partial charge in [0, 0.05) is 0 Å². The quantitative estimate of drug-likeness (QED) is 0.819. The van der Waals surface area contributed by atoms with E-state index < -0.39 is 6.23 Å². The number of hydrogen-bond acceptors (Lipinski definition) is 3. The van der Waals surface area contributed by atoms with Crippen LogP contribution in [0.2, 0.25) is 0 Å². The molecule has 0 radical (unpaired) electrons. The first-order chi connectivity index (χ1) is 11.1. The Morgan fingerprint density at radius 2 is 1.39 bits per heavy atom. The zero-order valence-electron chi connectivity index (χ0n) is 12.9. The van der Waals surface area contributed by atoms with Gasteiger partial charge in [0.1, 0.15) is 6.23 Å². The molecule has 4 heteroatoms. The van der Waals surface area contributed by atoms with Crippen LogP contribution in [-0.2, 0) is 17.6 Å². The van der Waals surface area contributed by atoms with Gasteiger partial charge in [-0.05, 0) is 43.0 Å². The van der Waals surface area contributed by atoms with Crippen LogP contribution in [0, 0.1) is 0 Å². The van der Waals surface area contributed by atoms with Crippen molar-refractivity contribution in [3.8, 4) is 0 Å². The van der Waals surface area contributed by atoms with E-state index in [4.69, 9.17) is 4.74 Å². The number of imide groups is 1. The van der Waals surface area contributed by atoms with E-state index in [9.17, 15) is 9.59 Å². The number of fused-ring (bicyclic) bond motifs is 2. The van der Waals surface area contributed by atoms with Crippen molar-refractivity contribution in [3.63, 3.8) is 0 Å². The van der Waals surface area contributed by atoms with Gasteiger partial charge in [-0.2, -0.15) is 0 Å². The minimum Gasteiger partial charge on any atom is -0.354 e. The first kappa shape index (κ1) is 14.2. The molecule has 0 fully saturated rings. The third kappa shape index (κ3) is 2.26. The predicted octanol–water partition coefficient (Wildman–Crippen LogP) is 2.81. The van der Waals surface area contributed by atoms with Crippen LogP contribution in [0.4, 0.5) is 0 Å². The summed E-state index contributed by atoms with van der Waals surface area (Å²) in [5, 5.41) is 0. The van der Waals surface area contributed by atoms with E-state index in [1.807, 2.05) is 12.1 Å². The average Bonchev–Trinajstić information content (AvgIpc) is 3.07. The maximum absolute atomic E-state index is 12.5.